The molecule has 0 bridgehead atoms. The number of hydrogen-bond donors (Lipinski definition) is 2. The number of carbonyl (C=O) groups is 1. The van der Waals surface area contributed by atoms with E-state index in [0.717, 1.165) is 6.26 Å². The van der Waals surface area contributed by atoms with Crippen LogP contribution in [0.15, 0.2) is 34.1 Å². The highest BCUT2D eigenvalue weighted by atomic mass is 32.2. The molecule has 6 nitrogen and oxygen atoms in total. The number of carboxylic acids is 1. The third-order valence-corrected chi connectivity index (χ3v) is 3.63. The van der Waals surface area contributed by atoms with Gasteiger partial charge in [0, 0.05) is 17.8 Å². The van der Waals surface area contributed by atoms with Crippen LogP contribution in [0.3, 0.4) is 0 Å². The van der Waals surface area contributed by atoms with Crippen molar-refractivity contribution in [1.29, 1.82) is 0 Å². The molecule has 0 fully saturated rings. The van der Waals surface area contributed by atoms with Crippen LogP contribution >= 0.6 is 0 Å². The van der Waals surface area contributed by atoms with Crippen LogP contribution in [0, 0.1) is 0 Å². The summed E-state index contributed by atoms with van der Waals surface area (Å²) in [5.41, 5.74) is -1.22. The second-order valence-corrected chi connectivity index (χ2v) is 5.83. The Labute approximate surface area is 102 Å². The molecule has 2 N–H and O–H groups in total. The van der Waals surface area contributed by atoms with E-state index in [4.69, 9.17) is 5.11 Å². The van der Waals surface area contributed by atoms with Crippen LogP contribution < -0.4 is 5.56 Å². The van der Waals surface area contributed by atoms with Gasteiger partial charge in [-0.25, -0.2) is 13.2 Å². The van der Waals surface area contributed by atoms with Gasteiger partial charge in [0.15, 0.2) is 9.84 Å². The van der Waals surface area contributed by atoms with Crippen LogP contribution in [0.5, 0.6) is 0 Å². The predicted octanol–water partition coefficient (Wildman–Crippen LogP) is 0.630. The summed E-state index contributed by atoms with van der Waals surface area (Å²) in [5, 5.41) is 9.55. The van der Waals surface area contributed by atoms with Crippen LogP contribution in [0.1, 0.15) is 10.4 Å². The topological polar surface area (TPSA) is 104 Å². The number of pyridine rings is 1. The van der Waals surface area contributed by atoms with Crippen molar-refractivity contribution in [2.24, 2.45) is 0 Å². The van der Waals surface area contributed by atoms with E-state index in [9.17, 15) is 18.0 Å². The van der Waals surface area contributed by atoms with Crippen molar-refractivity contribution in [3.63, 3.8) is 0 Å². The second kappa shape index (κ2) is 3.95. The number of aromatic carboxylic acids is 1. The molecule has 0 saturated heterocycles. The smallest absolute Gasteiger partial charge is 0.341 e. The van der Waals surface area contributed by atoms with Crippen LogP contribution in [0.25, 0.3) is 10.8 Å². The Morgan fingerprint density at radius 1 is 1.33 bits per heavy atom. The summed E-state index contributed by atoms with van der Waals surface area (Å²) in [5.74, 6) is -1.40. The zero-order valence-corrected chi connectivity index (χ0v) is 10.1. The van der Waals surface area contributed by atoms with E-state index in [1.807, 2.05) is 0 Å². The monoisotopic (exact) mass is 267 g/mol. The molecule has 2 aromatic rings. The van der Waals surface area contributed by atoms with E-state index in [2.05, 4.69) is 4.98 Å². The molecule has 0 atom stereocenters. The lowest BCUT2D eigenvalue weighted by Gasteiger charge is -2.04. The summed E-state index contributed by atoms with van der Waals surface area (Å²) in [6.07, 6.45) is 2.36. The largest absolute Gasteiger partial charge is 0.477 e. The Morgan fingerprint density at radius 3 is 2.56 bits per heavy atom. The van der Waals surface area contributed by atoms with E-state index >= 15 is 0 Å². The fourth-order valence-corrected chi connectivity index (χ4v) is 2.31. The van der Waals surface area contributed by atoms with Crippen molar-refractivity contribution in [3.8, 4) is 0 Å². The van der Waals surface area contributed by atoms with Crippen molar-refractivity contribution in [3.05, 3.63) is 40.3 Å². The molecule has 18 heavy (non-hydrogen) atoms. The van der Waals surface area contributed by atoms with Crippen LogP contribution in [0.4, 0.5) is 0 Å². The molecule has 0 aliphatic rings. The number of hydrogen-bond acceptors (Lipinski definition) is 4. The van der Waals surface area contributed by atoms with Crippen molar-refractivity contribution in [2.45, 2.75) is 4.90 Å². The molecule has 1 aromatic heterocycles. The Bertz CT molecular complexity index is 804. The van der Waals surface area contributed by atoms with Gasteiger partial charge in [0.05, 0.1) is 4.90 Å². The van der Waals surface area contributed by atoms with Crippen molar-refractivity contribution in [2.75, 3.05) is 6.26 Å². The summed E-state index contributed by atoms with van der Waals surface area (Å²) in [4.78, 5) is 24.7. The number of nitrogens with one attached hydrogen (secondary N) is 1. The third kappa shape index (κ3) is 2.00. The Hall–Kier alpha value is -2.15. The second-order valence-electron chi connectivity index (χ2n) is 3.82. The fraction of sp³-hybridized carbons (Fsp3) is 0.0909. The summed E-state index contributed by atoms with van der Waals surface area (Å²) in [6, 6.07) is 4.01. The minimum Gasteiger partial charge on any atom is -0.477 e. The molecular formula is C11H9NO5S. The van der Waals surface area contributed by atoms with Gasteiger partial charge in [0.2, 0.25) is 0 Å². The van der Waals surface area contributed by atoms with E-state index < -0.39 is 26.9 Å². The minimum atomic E-state index is -3.45. The highest BCUT2D eigenvalue weighted by molar-refractivity contribution is 7.90. The number of benzene rings is 1. The van der Waals surface area contributed by atoms with Gasteiger partial charge in [-0.15, -0.1) is 0 Å². The maximum Gasteiger partial charge on any atom is 0.341 e. The maximum atomic E-state index is 11.4. The number of sulfone groups is 1. The van der Waals surface area contributed by atoms with Crippen LogP contribution in [-0.2, 0) is 9.84 Å². The van der Waals surface area contributed by atoms with Crippen molar-refractivity contribution >= 4 is 26.6 Å². The Balaban J connectivity index is 2.95. The zero-order chi connectivity index (χ0) is 13.5. The van der Waals surface area contributed by atoms with E-state index in [0.29, 0.717) is 5.39 Å². The molecule has 0 aliphatic carbocycles. The van der Waals surface area contributed by atoms with Gasteiger partial charge in [0.1, 0.15) is 5.56 Å². The van der Waals surface area contributed by atoms with Gasteiger partial charge < -0.3 is 10.1 Å². The minimum absolute atomic E-state index is 0.0249. The summed E-state index contributed by atoms with van der Waals surface area (Å²) < 4.78 is 22.8. The fourth-order valence-electron chi connectivity index (χ4n) is 1.66. The number of carboxylic acid groups (broad SMARTS) is 1. The molecule has 0 unspecified atom stereocenters. The number of H-pyrrole nitrogens is 1. The lowest BCUT2D eigenvalue weighted by molar-refractivity contribution is 0.0697. The number of aromatic amines is 1. The standard InChI is InChI=1S/C11H9NO5S/c1-18(16,17)7-3-2-6-5-12-10(13)9(11(14)15)8(6)4-7/h2-5H,1H3,(H,12,13)(H,14,15). The zero-order valence-electron chi connectivity index (χ0n) is 9.30. The first-order valence-electron chi connectivity index (χ1n) is 4.89. The van der Waals surface area contributed by atoms with E-state index in [-0.39, 0.29) is 10.3 Å². The van der Waals surface area contributed by atoms with Gasteiger partial charge in [-0.3, -0.25) is 4.79 Å². The number of fused-ring (bicyclic) bond motifs is 1. The van der Waals surface area contributed by atoms with E-state index in [1.165, 1.54) is 24.4 Å². The average Bonchev–Trinajstić information content (AvgIpc) is 2.26. The van der Waals surface area contributed by atoms with Crippen molar-refractivity contribution < 1.29 is 18.3 Å². The van der Waals surface area contributed by atoms with Gasteiger partial charge in [-0.05, 0) is 17.5 Å². The van der Waals surface area contributed by atoms with Crippen molar-refractivity contribution in [1.82, 2.24) is 4.98 Å². The third-order valence-electron chi connectivity index (χ3n) is 2.52. The molecule has 0 spiro atoms. The Kier molecular flexibility index (Phi) is 2.70. The SMILES string of the molecule is CS(=O)(=O)c1ccc2c[nH]c(=O)c(C(=O)O)c2c1. The Morgan fingerprint density at radius 2 is 2.00 bits per heavy atom. The first-order valence-corrected chi connectivity index (χ1v) is 6.78. The number of rotatable bonds is 2. The molecule has 94 valence electrons. The van der Waals surface area contributed by atoms with Crippen LogP contribution in [0.2, 0.25) is 0 Å². The lowest BCUT2D eigenvalue weighted by atomic mass is 10.1. The highest BCUT2D eigenvalue weighted by Gasteiger charge is 2.16. The molecule has 1 aromatic carbocycles. The van der Waals surface area contributed by atoms with Gasteiger partial charge in [0.25, 0.3) is 5.56 Å². The molecule has 0 amide bonds. The number of aromatic nitrogens is 1. The van der Waals surface area contributed by atoms with Gasteiger partial charge >= 0.3 is 5.97 Å². The molecule has 1 heterocycles. The van der Waals surface area contributed by atoms with Gasteiger partial charge in [-0.1, -0.05) is 6.07 Å². The maximum absolute atomic E-state index is 11.4. The summed E-state index contributed by atoms with van der Waals surface area (Å²) in [6.45, 7) is 0. The predicted molar refractivity (Wildman–Crippen MR) is 64.6 cm³/mol. The molecule has 2 rings (SSSR count). The first kappa shape index (κ1) is 12.3. The van der Waals surface area contributed by atoms with Crippen LogP contribution in [-0.4, -0.2) is 30.7 Å². The quantitative estimate of drug-likeness (QED) is 0.830. The van der Waals surface area contributed by atoms with E-state index in [1.54, 1.807) is 0 Å². The molecule has 0 radical (unpaired) electrons. The molecular weight excluding hydrogens is 258 g/mol. The summed E-state index contributed by atoms with van der Waals surface area (Å²) >= 11 is 0. The molecule has 7 heteroatoms. The lowest BCUT2D eigenvalue weighted by Crippen LogP contribution is -2.17. The summed E-state index contributed by atoms with van der Waals surface area (Å²) in [7, 11) is -3.45. The first-order chi connectivity index (χ1) is 8.30. The highest BCUT2D eigenvalue weighted by Crippen LogP contribution is 2.20. The van der Waals surface area contributed by atoms with Gasteiger partial charge in [-0.2, -0.15) is 0 Å². The molecule has 0 aliphatic heterocycles. The molecule has 0 saturated carbocycles. The average molecular weight is 267 g/mol. The normalized spacial score (nSPS) is 11.6.